The number of nitrogens with zero attached hydrogens (tertiary/aromatic N) is 3. The molecule has 0 aromatic rings. The monoisotopic (exact) mass is 111 g/mol. The van der Waals surface area contributed by atoms with E-state index in [0.29, 0.717) is 0 Å². The van der Waals surface area contributed by atoms with Crippen LogP contribution in [0.5, 0.6) is 0 Å². The Morgan fingerprint density at radius 1 is 1.50 bits per heavy atom. The molecule has 3 heteroatoms. The first kappa shape index (κ1) is 7.09. The third-order valence-corrected chi connectivity index (χ3v) is 0.624. The minimum atomic E-state index is -0.644. The summed E-state index contributed by atoms with van der Waals surface area (Å²) in [6.45, 7) is 3.42. The lowest BCUT2D eigenvalue weighted by Gasteiger charge is -2.03. The van der Waals surface area contributed by atoms with Gasteiger partial charge in [-0.05, 0) is 13.8 Å². The zero-order chi connectivity index (χ0) is 6.62. The van der Waals surface area contributed by atoms with E-state index in [4.69, 9.17) is 5.26 Å². The Kier molecular flexibility index (Phi) is 2.14. The topological polar surface area (TPSA) is 48.5 Å². The molecule has 0 spiro atoms. The number of hydrogen-bond acceptors (Lipinski definition) is 3. The molecule has 0 aromatic carbocycles. The van der Waals surface area contributed by atoms with Gasteiger partial charge in [-0.15, -0.1) is 0 Å². The standard InChI is InChI=1S/C5H9N3/c1-5(2,4-6)8-7-3/h1-3H3. The molecule has 0 unspecified atom stereocenters. The maximum Gasteiger partial charge on any atom is 0.161 e. The molecule has 44 valence electrons. The van der Waals surface area contributed by atoms with E-state index in [1.165, 1.54) is 0 Å². The second kappa shape index (κ2) is 2.41. The van der Waals surface area contributed by atoms with Gasteiger partial charge in [0.05, 0.1) is 6.07 Å². The average molecular weight is 111 g/mol. The highest BCUT2D eigenvalue weighted by Gasteiger charge is 2.12. The van der Waals surface area contributed by atoms with Gasteiger partial charge < -0.3 is 0 Å². The van der Waals surface area contributed by atoms with Crippen molar-refractivity contribution in [1.29, 1.82) is 5.26 Å². The zero-order valence-corrected chi connectivity index (χ0v) is 5.34. The van der Waals surface area contributed by atoms with Gasteiger partial charge in [0.1, 0.15) is 0 Å². The van der Waals surface area contributed by atoms with Gasteiger partial charge in [-0.1, -0.05) is 0 Å². The fourth-order valence-corrected chi connectivity index (χ4v) is 0.272. The highest BCUT2D eigenvalue weighted by molar-refractivity contribution is 4.98. The molecular formula is C5H9N3. The Morgan fingerprint density at radius 2 is 2.00 bits per heavy atom. The van der Waals surface area contributed by atoms with Crippen LogP contribution in [-0.4, -0.2) is 12.6 Å². The summed E-state index contributed by atoms with van der Waals surface area (Å²) in [7, 11) is 1.55. The van der Waals surface area contributed by atoms with Crippen molar-refractivity contribution in [3.8, 4) is 6.07 Å². The molecule has 0 aliphatic rings. The molecule has 0 N–H and O–H groups in total. The predicted molar refractivity (Wildman–Crippen MR) is 30.5 cm³/mol. The third kappa shape index (κ3) is 2.30. The lowest BCUT2D eigenvalue weighted by atomic mass is 10.1. The van der Waals surface area contributed by atoms with Crippen molar-refractivity contribution in [3.63, 3.8) is 0 Å². The van der Waals surface area contributed by atoms with Crippen molar-refractivity contribution in [2.75, 3.05) is 7.05 Å². The maximum atomic E-state index is 8.32. The van der Waals surface area contributed by atoms with Crippen molar-refractivity contribution in [3.05, 3.63) is 0 Å². The van der Waals surface area contributed by atoms with E-state index in [2.05, 4.69) is 10.2 Å². The van der Waals surface area contributed by atoms with E-state index in [0.717, 1.165) is 0 Å². The third-order valence-electron chi connectivity index (χ3n) is 0.624. The van der Waals surface area contributed by atoms with Crippen LogP contribution in [0.3, 0.4) is 0 Å². The highest BCUT2D eigenvalue weighted by atomic mass is 15.1. The fourth-order valence-electron chi connectivity index (χ4n) is 0.272. The summed E-state index contributed by atoms with van der Waals surface area (Å²) in [5.41, 5.74) is -0.644. The van der Waals surface area contributed by atoms with Gasteiger partial charge >= 0.3 is 0 Å². The lowest BCUT2D eigenvalue weighted by Crippen LogP contribution is -2.10. The Bertz CT molecular complexity index is 129. The number of rotatable bonds is 1. The van der Waals surface area contributed by atoms with E-state index in [1.54, 1.807) is 20.9 Å². The zero-order valence-electron chi connectivity index (χ0n) is 5.34. The Balaban J connectivity index is 3.97. The van der Waals surface area contributed by atoms with Crippen LogP contribution in [-0.2, 0) is 0 Å². The Morgan fingerprint density at radius 3 is 2.12 bits per heavy atom. The van der Waals surface area contributed by atoms with Crippen molar-refractivity contribution < 1.29 is 0 Å². The van der Waals surface area contributed by atoms with Gasteiger partial charge in [0, 0.05) is 7.05 Å². The first-order valence-corrected chi connectivity index (χ1v) is 2.34. The van der Waals surface area contributed by atoms with Gasteiger partial charge in [0.25, 0.3) is 0 Å². The first-order valence-electron chi connectivity index (χ1n) is 2.34. The molecule has 0 aliphatic carbocycles. The average Bonchev–Trinajstić information content (AvgIpc) is 1.67. The van der Waals surface area contributed by atoms with E-state index in [-0.39, 0.29) is 0 Å². The summed E-state index contributed by atoms with van der Waals surface area (Å²) in [6, 6.07) is 1.98. The van der Waals surface area contributed by atoms with E-state index < -0.39 is 5.54 Å². The molecule has 0 atom stereocenters. The van der Waals surface area contributed by atoms with Gasteiger partial charge in [-0.3, -0.25) is 0 Å². The molecule has 0 fully saturated rings. The van der Waals surface area contributed by atoms with Crippen LogP contribution in [0.15, 0.2) is 10.2 Å². The molecule has 0 saturated carbocycles. The second-order valence-corrected chi connectivity index (χ2v) is 1.97. The van der Waals surface area contributed by atoms with Crippen molar-refractivity contribution in [1.82, 2.24) is 0 Å². The number of azo groups is 1. The van der Waals surface area contributed by atoms with Crippen LogP contribution < -0.4 is 0 Å². The molecular weight excluding hydrogens is 102 g/mol. The van der Waals surface area contributed by atoms with Gasteiger partial charge in [-0.25, -0.2) is 0 Å². The molecule has 0 aromatic heterocycles. The maximum absolute atomic E-state index is 8.32. The van der Waals surface area contributed by atoms with Crippen LogP contribution in [0.2, 0.25) is 0 Å². The smallest absolute Gasteiger partial charge is 0.161 e. The second-order valence-electron chi connectivity index (χ2n) is 1.97. The van der Waals surface area contributed by atoms with Crippen LogP contribution >= 0.6 is 0 Å². The molecule has 8 heavy (non-hydrogen) atoms. The quantitative estimate of drug-likeness (QED) is 0.471. The summed E-state index contributed by atoms with van der Waals surface area (Å²) in [5, 5.41) is 15.4. The van der Waals surface area contributed by atoms with Crippen LogP contribution in [0.4, 0.5) is 0 Å². The molecule has 0 bridgehead atoms. The molecule has 0 radical (unpaired) electrons. The van der Waals surface area contributed by atoms with Gasteiger partial charge in [0.2, 0.25) is 0 Å². The summed E-state index contributed by atoms with van der Waals surface area (Å²) in [6.07, 6.45) is 0. The van der Waals surface area contributed by atoms with Crippen molar-refractivity contribution in [2.24, 2.45) is 10.2 Å². The Labute approximate surface area is 49.0 Å². The van der Waals surface area contributed by atoms with E-state index >= 15 is 0 Å². The minimum Gasteiger partial charge on any atom is -0.196 e. The SMILES string of the molecule is CN=NC(C)(C)C#N. The number of hydrogen-bond donors (Lipinski definition) is 0. The van der Waals surface area contributed by atoms with Crippen LogP contribution in [0, 0.1) is 11.3 Å². The summed E-state index contributed by atoms with van der Waals surface area (Å²) >= 11 is 0. The van der Waals surface area contributed by atoms with Crippen LogP contribution in [0.25, 0.3) is 0 Å². The molecule has 0 heterocycles. The Hall–Kier alpha value is -0.910. The molecule has 0 aliphatic heterocycles. The lowest BCUT2D eigenvalue weighted by molar-refractivity contribution is 0.628. The molecule has 0 saturated heterocycles. The molecule has 0 rings (SSSR count). The number of nitriles is 1. The summed E-state index contributed by atoms with van der Waals surface area (Å²) in [5.74, 6) is 0. The van der Waals surface area contributed by atoms with Crippen molar-refractivity contribution >= 4 is 0 Å². The first-order chi connectivity index (χ1) is 3.62. The largest absolute Gasteiger partial charge is 0.196 e. The van der Waals surface area contributed by atoms with E-state index in [9.17, 15) is 0 Å². The van der Waals surface area contributed by atoms with Gasteiger partial charge in [0.15, 0.2) is 5.54 Å². The molecule has 0 amide bonds. The highest BCUT2D eigenvalue weighted by Crippen LogP contribution is 2.05. The summed E-state index contributed by atoms with van der Waals surface area (Å²) in [4.78, 5) is 0. The normalized spacial score (nSPS) is 11.8. The predicted octanol–water partition coefficient (Wildman–Crippen LogP) is 1.37. The van der Waals surface area contributed by atoms with Crippen molar-refractivity contribution in [2.45, 2.75) is 19.4 Å². The van der Waals surface area contributed by atoms with Crippen LogP contribution in [0.1, 0.15) is 13.8 Å². The summed E-state index contributed by atoms with van der Waals surface area (Å²) < 4.78 is 0. The van der Waals surface area contributed by atoms with Gasteiger partial charge in [-0.2, -0.15) is 15.5 Å². The fraction of sp³-hybridized carbons (Fsp3) is 0.800. The van der Waals surface area contributed by atoms with E-state index in [1.807, 2.05) is 6.07 Å². The molecule has 3 nitrogen and oxygen atoms in total. The minimum absolute atomic E-state index is 0.644.